The van der Waals surface area contributed by atoms with E-state index in [2.05, 4.69) is 5.10 Å². The first kappa shape index (κ1) is 25.2. The third-order valence-corrected chi connectivity index (χ3v) is 8.03. The molecular formula is C25H31N3O6S. The van der Waals surface area contributed by atoms with Crippen molar-refractivity contribution in [2.75, 3.05) is 20.8 Å². The average Bonchev–Trinajstić information content (AvgIpc) is 3.28. The van der Waals surface area contributed by atoms with Gasteiger partial charge in [0.15, 0.2) is 5.03 Å². The zero-order valence-corrected chi connectivity index (χ0v) is 20.7. The lowest BCUT2D eigenvalue weighted by molar-refractivity contribution is -0.0468. The largest absolute Gasteiger partial charge is 0.497 e. The molecule has 35 heavy (non-hydrogen) atoms. The first-order valence-electron chi connectivity index (χ1n) is 11.5. The van der Waals surface area contributed by atoms with Gasteiger partial charge in [0.05, 0.1) is 33.1 Å². The maximum Gasteiger partial charge on any atom is 0.263 e. The quantitative estimate of drug-likeness (QED) is 0.415. The van der Waals surface area contributed by atoms with Gasteiger partial charge in [-0.05, 0) is 54.7 Å². The van der Waals surface area contributed by atoms with Gasteiger partial charge in [0.25, 0.3) is 10.0 Å². The first-order valence-corrected chi connectivity index (χ1v) is 12.9. The van der Waals surface area contributed by atoms with Crippen LogP contribution in [-0.4, -0.2) is 53.5 Å². The number of aliphatic hydroxyl groups excluding tert-OH is 1. The minimum atomic E-state index is -4.05. The molecule has 188 valence electrons. The smallest absolute Gasteiger partial charge is 0.263 e. The van der Waals surface area contributed by atoms with E-state index in [1.807, 2.05) is 24.3 Å². The second-order valence-electron chi connectivity index (χ2n) is 8.67. The Morgan fingerprint density at radius 2 is 1.49 bits per heavy atom. The summed E-state index contributed by atoms with van der Waals surface area (Å²) in [6.07, 6.45) is 1.92. The summed E-state index contributed by atoms with van der Waals surface area (Å²) in [5.74, 6) is 1.36. The Kier molecular flexibility index (Phi) is 7.46. The van der Waals surface area contributed by atoms with Gasteiger partial charge in [0.1, 0.15) is 17.1 Å². The fourth-order valence-electron chi connectivity index (χ4n) is 4.15. The summed E-state index contributed by atoms with van der Waals surface area (Å²) in [5.41, 5.74) is 0.878. The Balaban J connectivity index is 1.70. The number of sulfonamides is 1. The molecule has 1 aliphatic rings. The van der Waals surface area contributed by atoms with Crippen molar-refractivity contribution in [1.82, 2.24) is 14.1 Å². The minimum Gasteiger partial charge on any atom is -0.497 e. The van der Waals surface area contributed by atoms with Gasteiger partial charge in [-0.2, -0.15) is 9.40 Å². The number of rotatable bonds is 11. The van der Waals surface area contributed by atoms with Crippen molar-refractivity contribution in [3.63, 3.8) is 0 Å². The van der Waals surface area contributed by atoms with E-state index >= 15 is 0 Å². The molecule has 1 fully saturated rings. The van der Waals surface area contributed by atoms with Crippen LogP contribution in [0.1, 0.15) is 36.1 Å². The lowest BCUT2D eigenvalue weighted by Crippen LogP contribution is -2.36. The van der Waals surface area contributed by atoms with Gasteiger partial charge in [0.2, 0.25) is 0 Å². The first-order chi connectivity index (χ1) is 16.8. The molecule has 1 heterocycles. The monoisotopic (exact) mass is 501 g/mol. The van der Waals surface area contributed by atoms with Crippen molar-refractivity contribution in [3.8, 4) is 11.5 Å². The van der Waals surface area contributed by atoms with E-state index in [-0.39, 0.29) is 31.3 Å². The van der Waals surface area contributed by atoms with Gasteiger partial charge in [-0.3, -0.25) is 4.68 Å². The zero-order valence-electron chi connectivity index (χ0n) is 19.9. The van der Waals surface area contributed by atoms with Crippen LogP contribution in [0.2, 0.25) is 0 Å². The predicted octanol–water partition coefficient (Wildman–Crippen LogP) is 2.66. The van der Waals surface area contributed by atoms with Crippen LogP contribution in [0.15, 0.2) is 59.6 Å². The van der Waals surface area contributed by atoms with Crippen molar-refractivity contribution in [3.05, 3.63) is 71.4 Å². The fourth-order valence-corrected chi connectivity index (χ4v) is 5.52. The van der Waals surface area contributed by atoms with Gasteiger partial charge in [0, 0.05) is 19.2 Å². The summed E-state index contributed by atoms with van der Waals surface area (Å²) in [6, 6.07) is 15.9. The Bertz CT molecular complexity index is 1190. The molecule has 2 aromatic carbocycles. The van der Waals surface area contributed by atoms with Crippen molar-refractivity contribution in [2.45, 2.75) is 49.5 Å². The van der Waals surface area contributed by atoms with E-state index in [9.17, 15) is 18.6 Å². The third-order valence-electron chi connectivity index (χ3n) is 6.37. The van der Waals surface area contributed by atoms with Crippen molar-refractivity contribution < 1.29 is 28.1 Å². The summed E-state index contributed by atoms with van der Waals surface area (Å²) >= 11 is 0. The molecule has 1 aliphatic carbocycles. The van der Waals surface area contributed by atoms with Crippen LogP contribution in [0.4, 0.5) is 0 Å². The Morgan fingerprint density at radius 3 is 1.89 bits per heavy atom. The van der Waals surface area contributed by atoms with Crippen LogP contribution >= 0.6 is 0 Å². The number of nitrogens with zero attached hydrogens (tertiary/aromatic N) is 3. The standard InChI is InChI=1S/C25H31N3O6S/c1-33-21-8-4-19(5-9-21)17-27(18-20-6-10-22(34-2)11-7-20)35(31,32)24-16-23(25(30)12-3-13-25)28(26-24)14-15-29/h4-11,16,29-30H,3,12-15,17-18H2,1-2H3. The molecule has 10 heteroatoms. The SMILES string of the molecule is COc1ccc(CN(Cc2ccc(OC)cc2)S(=O)(=O)c2cc(C3(O)CCC3)n(CCO)n2)cc1. The van der Waals surface area contributed by atoms with E-state index in [1.54, 1.807) is 38.5 Å². The molecule has 0 atom stereocenters. The summed E-state index contributed by atoms with van der Waals surface area (Å²) in [7, 11) is -0.897. The molecule has 2 N–H and O–H groups in total. The van der Waals surface area contributed by atoms with E-state index in [0.29, 0.717) is 30.0 Å². The normalized spacial score (nSPS) is 15.1. The second kappa shape index (κ2) is 10.4. The lowest BCUT2D eigenvalue weighted by atomic mass is 9.78. The molecular weight excluding hydrogens is 470 g/mol. The molecule has 0 amide bonds. The highest BCUT2D eigenvalue weighted by atomic mass is 32.2. The van der Waals surface area contributed by atoms with Crippen LogP contribution in [-0.2, 0) is 35.3 Å². The van der Waals surface area contributed by atoms with E-state index in [4.69, 9.17) is 9.47 Å². The molecule has 0 bridgehead atoms. The summed E-state index contributed by atoms with van der Waals surface area (Å²) in [4.78, 5) is 0. The van der Waals surface area contributed by atoms with Gasteiger partial charge < -0.3 is 19.7 Å². The maximum atomic E-state index is 13.8. The molecule has 0 radical (unpaired) electrons. The van der Waals surface area contributed by atoms with Crippen LogP contribution in [0.5, 0.6) is 11.5 Å². The molecule has 9 nitrogen and oxygen atoms in total. The molecule has 0 unspecified atom stereocenters. The van der Waals surface area contributed by atoms with Crippen LogP contribution < -0.4 is 9.47 Å². The second-order valence-corrected chi connectivity index (χ2v) is 10.6. The number of benzene rings is 2. The summed E-state index contributed by atoms with van der Waals surface area (Å²) in [6.45, 7) is 0.116. The number of ether oxygens (including phenoxy) is 2. The van der Waals surface area contributed by atoms with E-state index < -0.39 is 15.6 Å². The predicted molar refractivity (Wildman–Crippen MR) is 129 cm³/mol. The Morgan fingerprint density at radius 1 is 0.971 bits per heavy atom. The Labute approximate surface area is 205 Å². The van der Waals surface area contributed by atoms with E-state index in [0.717, 1.165) is 17.5 Å². The maximum absolute atomic E-state index is 13.8. The number of aromatic nitrogens is 2. The molecule has 0 saturated heterocycles. The zero-order chi connectivity index (χ0) is 25.1. The molecule has 3 aromatic rings. The number of hydrogen-bond donors (Lipinski definition) is 2. The van der Waals surface area contributed by atoms with Gasteiger partial charge >= 0.3 is 0 Å². The number of hydrogen-bond acceptors (Lipinski definition) is 7. The van der Waals surface area contributed by atoms with Crippen LogP contribution in [0.3, 0.4) is 0 Å². The number of aliphatic hydroxyl groups is 2. The van der Waals surface area contributed by atoms with Crippen LogP contribution in [0, 0.1) is 0 Å². The third kappa shape index (κ3) is 5.35. The summed E-state index contributed by atoms with van der Waals surface area (Å²) < 4.78 is 40.9. The lowest BCUT2D eigenvalue weighted by Gasteiger charge is -2.36. The van der Waals surface area contributed by atoms with Gasteiger partial charge in [-0.25, -0.2) is 8.42 Å². The van der Waals surface area contributed by atoms with Crippen molar-refractivity contribution in [1.29, 1.82) is 0 Å². The molecule has 0 aliphatic heterocycles. The summed E-state index contributed by atoms with van der Waals surface area (Å²) in [5, 5.41) is 24.5. The fraction of sp³-hybridized carbons (Fsp3) is 0.400. The van der Waals surface area contributed by atoms with E-state index in [1.165, 1.54) is 15.1 Å². The minimum absolute atomic E-state index is 0.101. The molecule has 1 saturated carbocycles. The molecule has 1 aromatic heterocycles. The average molecular weight is 502 g/mol. The van der Waals surface area contributed by atoms with Crippen LogP contribution in [0.25, 0.3) is 0 Å². The van der Waals surface area contributed by atoms with Gasteiger partial charge in [-0.1, -0.05) is 24.3 Å². The highest BCUT2D eigenvalue weighted by Gasteiger charge is 2.41. The highest BCUT2D eigenvalue weighted by Crippen LogP contribution is 2.42. The van der Waals surface area contributed by atoms with Gasteiger partial charge in [-0.15, -0.1) is 0 Å². The number of methoxy groups -OCH3 is 2. The highest BCUT2D eigenvalue weighted by molar-refractivity contribution is 7.89. The Hall–Kier alpha value is -2.92. The van der Waals surface area contributed by atoms with Crippen molar-refractivity contribution in [2.24, 2.45) is 0 Å². The van der Waals surface area contributed by atoms with Crippen molar-refractivity contribution >= 4 is 10.0 Å². The molecule has 0 spiro atoms. The topological polar surface area (TPSA) is 114 Å². The molecule has 4 rings (SSSR count).